The van der Waals surface area contributed by atoms with Gasteiger partial charge in [0.2, 0.25) is 6.23 Å². The standard InChI is InChI=1S/C14H19F2N3O.C13H17F2N/c1-4-11-7-10(5-6-12(11)8-17-2)9-20-14(13(15)16)19-18-3;1-9(7-10-3-4-10)11-5-6-12(16-8-11)13(2,14)15/h4-7,13-14,17,19H,1,3,8-9H2,2H3;5-6,8-10H,3-4,7H2,1-2H3. The first-order chi connectivity index (χ1) is 17.1. The highest BCUT2D eigenvalue weighted by Gasteiger charge is 2.27. The minimum absolute atomic E-state index is 0.0538. The number of hydrogen-bond donors (Lipinski definition) is 2. The van der Waals surface area contributed by atoms with E-state index in [9.17, 15) is 17.6 Å². The lowest BCUT2D eigenvalue weighted by Gasteiger charge is -2.16. The van der Waals surface area contributed by atoms with Crippen LogP contribution in [-0.2, 0) is 23.8 Å². The molecule has 198 valence electrons. The van der Waals surface area contributed by atoms with Crippen molar-refractivity contribution in [2.75, 3.05) is 7.05 Å². The highest BCUT2D eigenvalue weighted by molar-refractivity contribution is 5.53. The number of ether oxygens (including phenoxy) is 1. The van der Waals surface area contributed by atoms with Crippen molar-refractivity contribution in [3.8, 4) is 0 Å². The van der Waals surface area contributed by atoms with Gasteiger partial charge in [-0.25, -0.2) is 8.78 Å². The molecule has 1 saturated carbocycles. The Morgan fingerprint density at radius 1 is 1.25 bits per heavy atom. The van der Waals surface area contributed by atoms with E-state index >= 15 is 0 Å². The number of hydrazone groups is 1. The first kappa shape index (κ1) is 29.5. The van der Waals surface area contributed by atoms with Crippen molar-refractivity contribution in [2.45, 2.75) is 70.8 Å². The van der Waals surface area contributed by atoms with Gasteiger partial charge in [-0.2, -0.15) is 13.9 Å². The van der Waals surface area contributed by atoms with Crippen LogP contribution in [0.2, 0.25) is 0 Å². The lowest BCUT2D eigenvalue weighted by atomic mass is 9.96. The maximum Gasteiger partial charge on any atom is 0.286 e. The summed E-state index contributed by atoms with van der Waals surface area (Å²) in [5.74, 6) is -1.56. The summed E-state index contributed by atoms with van der Waals surface area (Å²) >= 11 is 0. The van der Waals surface area contributed by atoms with Crippen molar-refractivity contribution in [3.63, 3.8) is 0 Å². The summed E-state index contributed by atoms with van der Waals surface area (Å²) in [6.07, 6.45) is 2.99. The third-order valence-electron chi connectivity index (χ3n) is 5.86. The molecule has 0 bridgehead atoms. The van der Waals surface area contributed by atoms with Gasteiger partial charge in [0.05, 0.1) is 6.61 Å². The highest BCUT2D eigenvalue weighted by atomic mass is 19.3. The number of halogens is 4. The Balaban J connectivity index is 0.000000259. The van der Waals surface area contributed by atoms with Gasteiger partial charge in [0, 0.05) is 26.4 Å². The third-order valence-corrected chi connectivity index (χ3v) is 5.86. The van der Waals surface area contributed by atoms with Crippen LogP contribution >= 0.6 is 0 Å². The summed E-state index contributed by atoms with van der Waals surface area (Å²) in [6.45, 7) is 10.6. The topological polar surface area (TPSA) is 58.5 Å². The van der Waals surface area contributed by atoms with Crippen molar-refractivity contribution in [2.24, 2.45) is 11.0 Å². The second-order valence-corrected chi connectivity index (χ2v) is 9.07. The molecule has 2 N–H and O–H groups in total. The molecule has 2 aromatic rings. The Bertz CT molecular complexity index is 959. The van der Waals surface area contributed by atoms with Crippen LogP contribution in [0.5, 0.6) is 0 Å². The van der Waals surface area contributed by atoms with E-state index < -0.39 is 18.6 Å². The molecule has 36 heavy (non-hydrogen) atoms. The number of rotatable bonds is 13. The van der Waals surface area contributed by atoms with Crippen LogP contribution in [0.15, 0.2) is 48.2 Å². The number of benzene rings is 1. The van der Waals surface area contributed by atoms with Crippen LogP contribution in [0.3, 0.4) is 0 Å². The number of alkyl halides is 4. The first-order valence-electron chi connectivity index (χ1n) is 11.9. The van der Waals surface area contributed by atoms with E-state index in [2.05, 4.69) is 41.0 Å². The zero-order chi connectivity index (χ0) is 26.7. The van der Waals surface area contributed by atoms with Gasteiger partial charge in [0.25, 0.3) is 12.3 Å². The number of nitrogens with one attached hydrogen (secondary N) is 2. The molecule has 5 nitrogen and oxygen atoms in total. The molecule has 3 rings (SSSR count). The van der Waals surface area contributed by atoms with Crippen molar-refractivity contribution in [1.29, 1.82) is 0 Å². The lowest BCUT2D eigenvalue weighted by molar-refractivity contribution is -0.0803. The van der Waals surface area contributed by atoms with Crippen LogP contribution in [-0.4, -0.2) is 31.4 Å². The van der Waals surface area contributed by atoms with Crippen LogP contribution < -0.4 is 10.7 Å². The quantitative estimate of drug-likeness (QED) is 0.141. The molecule has 0 aliphatic heterocycles. The van der Waals surface area contributed by atoms with Crippen molar-refractivity contribution in [3.05, 3.63) is 71.1 Å². The highest BCUT2D eigenvalue weighted by Crippen LogP contribution is 2.38. The Morgan fingerprint density at radius 2 is 1.97 bits per heavy atom. The fourth-order valence-electron chi connectivity index (χ4n) is 3.66. The Kier molecular flexibility index (Phi) is 11.5. The Labute approximate surface area is 211 Å². The van der Waals surface area contributed by atoms with E-state index in [0.29, 0.717) is 12.5 Å². The number of nitrogens with zero attached hydrogens (tertiary/aromatic N) is 2. The number of hydrogen-bond acceptors (Lipinski definition) is 5. The van der Waals surface area contributed by atoms with E-state index in [1.165, 1.54) is 18.9 Å². The normalized spacial score (nSPS) is 15.0. The van der Waals surface area contributed by atoms with Crippen LogP contribution in [0.4, 0.5) is 17.6 Å². The molecule has 2 unspecified atom stereocenters. The summed E-state index contributed by atoms with van der Waals surface area (Å²) in [6, 6.07) is 8.85. The van der Waals surface area contributed by atoms with Gasteiger partial charge in [-0.15, -0.1) is 0 Å². The molecule has 1 fully saturated rings. The Hall–Kier alpha value is -2.78. The van der Waals surface area contributed by atoms with Gasteiger partial charge in [-0.1, -0.05) is 50.6 Å². The molecule has 0 radical (unpaired) electrons. The van der Waals surface area contributed by atoms with E-state index in [4.69, 9.17) is 4.74 Å². The lowest BCUT2D eigenvalue weighted by Crippen LogP contribution is -2.34. The van der Waals surface area contributed by atoms with Crippen LogP contribution in [0.1, 0.15) is 67.0 Å². The van der Waals surface area contributed by atoms with Crippen molar-refractivity contribution < 1.29 is 22.3 Å². The molecule has 1 aromatic heterocycles. The molecule has 1 heterocycles. The maximum absolute atomic E-state index is 12.9. The summed E-state index contributed by atoms with van der Waals surface area (Å²) in [7, 11) is 1.85. The van der Waals surface area contributed by atoms with Gasteiger partial charge in [0.1, 0.15) is 5.69 Å². The second kappa shape index (κ2) is 14.1. The zero-order valence-corrected chi connectivity index (χ0v) is 21.1. The van der Waals surface area contributed by atoms with Crippen molar-refractivity contribution in [1.82, 2.24) is 15.7 Å². The van der Waals surface area contributed by atoms with Gasteiger partial charge in [-0.05, 0) is 59.7 Å². The van der Waals surface area contributed by atoms with Gasteiger partial charge >= 0.3 is 0 Å². The van der Waals surface area contributed by atoms with Crippen LogP contribution in [0.25, 0.3) is 6.08 Å². The van der Waals surface area contributed by atoms with Gasteiger partial charge in [-0.3, -0.25) is 10.4 Å². The summed E-state index contributed by atoms with van der Waals surface area (Å²) in [5, 5.41) is 6.26. The Morgan fingerprint density at radius 3 is 2.47 bits per heavy atom. The van der Waals surface area contributed by atoms with E-state index in [1.54, 1.807) is 18.3 Å². The molecular weight excluding hydrogens is 472 g/mol. The SMILES string of the molecule is C=Cc1cc(COC(NN=C)C(F)F)ccc1CNC.CC(CC1CC1)c1ccc(C(C)(F)F)nc1. The predicted octanol–water partition coefficient (Wildman–Crippen LogP) is 6.46. The average Bonchev–Trinajstić information content (AvgIpc) is 3.66. The zero-order valence-electron chi connectivity index (χ0n) is 21.1. The molecule has 0 saturated heterocycles. The van der Waals surface area contributed by atoms with E-state index in [0.717, 1.165) is 41.5 Å². The summed E-state index contributed by atoms with van der Waals surface area (Å²) in [4.78, 5) is 3.85. The van der Waals surface area contributed by atoms with E-state index in [-0.39, 0.29) is 12.3 Å². The molecule has 0 spiro atoms. The third kappa shape index (κ3) is 9.70. The monoisotopic (exact) mass is 508 g/mol. The molecule has 9 heteroatoms. The maximum atomic E-state index is 12.9. The minimum Gasteiger partial charge on any atom is -0.347 e. The molecule has 1 aliphatic rings. The van der Waals surface area contributed by atoms with Crippen molar-refractivity contribution >= 4 is 12.8 Å². The fraction of sp³-hybridized carbons (Fsp3) is 0.481. The molecule has 1 aliphatic carbocycles. The summed E-state index contributed by atoms with van der Waals surface area (Å²) in [5.41, 5.74) is 5.87. The number of pyridine rings is 1. The largest absolute Gasteiger partial charge is 0.347 e. The molecule has 1 aromatic carbocycles. The minimum atomic E-state index is -2.84. The molecule has 2 atom stereocenters. The average molecular weight is 509 g/mol. The van der Waals surface area contributed by atoms with Gasteiger partial charge < -0.3 is 10.1 Å². The van der Waals surface area contributed by atoms with Gasteiger partial charge in [0.15, 0.2) is 0 Å². The van der Waals surface area contributed by atoms with E-state index in [1.807, 2.05) is 25.2 Å². The predicted molar refractivity (Wildman–Crippen MR) is 136 cm³/mol. The number of aromatic nitrogens is 1. The smallest absolute Gasteiger partial charge is 0.286 e. The molecular formula is C27H36F4N4O. The second-order valence-electron chi connectivity index (χ2n) is 9.07. The fourth-order valence-corrected chi connectivity index (χ4v) is 3.66. The summed E-state index contributed by atoms with van der Waals surface area (Å²) < 4.78 is 56.2. The van der Waals surface area contributed by atoms with Crippen LogP contribution in [0, 0.1) is 5.92 Å². The first-order valence-corrected chi connectivity index (χ1v) is 11.9. The molecule has 0 amide bonds.